The summed E-state index contributed by atoms with van der Waals surface area (Å²) in [5, 5.41) is 12.6. The average molecular weight is 355 g/mol. The first kappa shape index (κ1) is 16.2. The largest absolute Gasteiger partial charge is 0.351 e. The average Bonchev–Trinajstić information content (AvgIpc) is 3.23. The first-order chi connectivity index (χ1) is 12.0. The van der Waals surface area contributed by atoms with E-state index < -0.39 is 0 Å². The maximum absolute atomic E-state index is 12.6. The lowest BCUT2D eigenvalue weighted by Gasteiger charge is -2.05. The van der Waals surface area contributed by atoms with E-state index in [1.807, 2.05) is 13.8 Å². The molecule has 6 nitrogen and oxygen atoms in total. The number of hydrogen-bond donors (Lipinski definition) is 1. The van der Waals surface area contributed by atoms with E-state index in [-0.39, 0.29) is 5.91 Å². The van der Waals surface area contributed by atoms with Crippen molar-refractivity contribution in [1.82, 2.24) is 25.1 Å². The third kappa shape index (κ3) is 2.82. The molecule has 130 valence electrons. The molecule has 0 fully saturated rings. The van der Waals surface area contributed by atoms with Crippen LogP contribution in [0.3, 0.4) is 0 Å². The summed E-state index contributed by atoms with van der Waals surface area (Å²) >= 11 is 1.47. The summed E-state index contributed by atoms with van der Waals surface area (Å²) in [7, 11) is 0. The minimum Gasteiger partial charge on any atom is -0.351 e. The van der Waals surface area contributed by atoms with Gasteiger partial charge in [0.2, 0.25) is 0 Å². The maximum atomic E-state index is 12.6. The zero-order valence-electron chi connectivity index (χ0n) is 14.7. The van der Waals surface area contributed by atoms with Gasteiger partial charge in [-0.1, -0.05) is 0 Å². The lowest BCUT2D eigenvalue weighted by Crippen LogP contribution is -2.26. The molecule has 4 rings (SSSR count). The van der Waals surface area contributed by atoms with Gasteiger partial charge in [0.05, 0.1) is 4.88 Å². The molecule has 4 heterocycles. The van der Waals surface area contributed by atoms with Gasteiger partial charge in [-0.3, -0.25) is 4.79 Å². The molecule has 0 spiro atoms. The SMILES string of the molecule is Cc1cc(C)c2c(C)c(C(=O)NCCc3nnc4n3CCC4)sc2n1. The van der Waals surface area contributed by atoms with Gasteiger partial charge in [-0.2, -0.15) is 0 Å². The number of aryl methyl sites for hydroxylation is 4. The lowest BCUT2D eigenvalue weighted by molar-refractivity contribution is 0.0957. The number of pyridine rings is 1. The fourth-order valence-electron chi connectivity index (χ4n) is 3.60. The predicted octanol–water partition coefficient (Wildman–Crippen LogP) is 2.73. The van der Waals surface area contributed by atoms with Crippen molar-refractivity contribution in [3.8, 4) is 0 Å². The summed E-state index contributed by atoms with van der Waals surface area (Å²) < 4.78 is 2.17. The van der Waals surface area contributed by atoms with Gasteiger partial charge in [-0.15, -0.1) is 21.5 Å². The van der Waals surface area contributed by atoms with Crippen molar-refractivity contribution in [1.29, 1.82) is 0 Å². The van der Waals surface area contributed by atoms with Gasteiger partial charge in [0.1, 0.15) is 16.5 Å². The summed E-state index contributed by atoms with van der Waals surface area (Å²) in [5.74, 6) is 2.01. The highest BCUT2D eigenvalue weighted by molar-refractivity contribution is 7.20. The van der Waals surface area contributed by atoms with E-state index in [0.29, 0.717) is 13.0 Å². The standard InChI is InChI=1S/C18H21N5OS/c1-10-9-11(2)20-18-15(10)12(3)16(25-18)17(24)19-7-6-14-22-21-13-5-4-8-23(13)14/h9H,4-8H2,1-3H3,(H,19,24). The van der Waals surface area contributed by atoms with E-state index in [2.05, 4.69) is 38.1 Å². The number of hydrogen-bond acceptors (Lipinski definition) is 5. The molecule has 7 heteroatoms. The molecule has 1 aliphatic rings. The Morgan fingerprint density at radius 3 is 3.00 bits per heavy atom. The summed E-state index contributed by atoms with van der Waals surface area (Å²) in [6, 6.07) is 2.07. The fourth-order valence-corrected chi connectivity index (χ4v) is 4.82. The van der Waals surface area contributed by atoms with Gasteiger partial charge in [-0.25, -0.2) is 4.98 Å². The molecule has 0 aliphatic carbocycles. The van der Waals surface area contributed by atoms with Gasteiger partial charge in [-0.05, 0) is 44.4 Å². The second-order valence-corrected chi connectivity index (χ2v) is 7.61. The molecule has 1 amide bonds. The van der Waals surface area contributed by atoms with E-state index in [9.17, 15) is 4.79 Å². The lowest BCUT2D eigenvalue weighted by atomic mass is 10.1. The monoisotopic (exact) mass is 355 g/mol. The number of thiophene rings is 1. The van der Waals surface area contributed by atoms with Crippen LogP contribution >= 0.6 is 11.3 Å². The van der Waals surface area contributed by atoms with Crippen molar-refractivity contribution < 1.29 is 4.79 Å². The van der Waals surface area contributed by atoms with Crippen LogP contribution in [0, 0.1) is 20.8 Å². The molecule has 1 aliphatic heterocycles. The first-order valence-electron chi connectivity index (χ1n) is 8.61. The van der Waals surface area contributed by atoms with Crippen molar-refractivity contribution in [2.24, 2.45) is 0 Å². The Morgan fingerprint density at radius 2 is 2.16 bits per heavy atom. The summed E-state index contributed by atoms with van der Waals surface area (Å²) in [6.07, 6.45) is 2.85. The molecule has 0 saturated heterocycles. The number of rotatable bonds is 4. The van der Waals surface area contributed by atoms with E-state index in [1.165, 1.54) is 16.9 Å². The van der Waals surface area contributed by atoms with Gasteiger partial charge < -0.3 is 9.88 Å². The molecule has 0 aromatic carbocycles. The van der Waals surface area contributed by atoms with Crippen LogP contribution in [0.5, 0.6) is 0 Å². The first-order valence-corrected chi connectivity index (χ1v) is 9.42. The molecule has 3 aromatic rings. The molecule has 0 bridgehead atoms. The highest BCUT2D eigenvalue weighted by Crippen LogP contribution is 2.32. The van der Waals surface area contributed by atoms with Crippen LogP contribution in [-0.4, -0.2) is 32.2 Å². The third-order valence-corrected chi connectivity index (χ3v) is 5.94. The van der Waals surface area contributed by atoms with Crippen LogP contribution in [0.2, 0.25) is 0 Å². The van der Waals surface area contributed by atoms with Crippen LogP contribution in [0.4, 0.5) is 0 Å². The Kier molecular flexibility index (Phi) is 4.03. The van der Waals surface area contributed by atoms with E-state index in [1.54, 1.807) is 0 Å². The Bertz CT molecular complexity index is 972. The fraction of sp³-hybridized carbons (Fsp3) is 0.444. The number of fused-ring (bicyclic) bond motifs is 2. The van der Waals surface area contributed by atoms with Crippen molar-refractivity contribution in [2.75, 3.05) is 6.54 Å². The molecule has 25 heavy (non-hydrogen) atoms. The maximum Gasteiger partial charge on any atom is 0.261 e. The number of amides is 1. The van der Waals surface area contributed by atoms with Crippen LogP contribution in [0.1, 0.15) is 44.6 Å². The zero-order chi connectivity index (χ0) is 17.6. The predicted molar refractivity (Wildman–Crippen MR) is 98.2 cm³/mol. The topological polar surface area (TPSA) is 72.7 Å². The second kappa shape index (κ2) is 6.22. The van der Waals surface area contributed by atoms with E-state index in [4.69, 9.17) is 0 Å². The molecule has 3 aromatic heterocycles. The minimum atomic E-state index is -0.0290. The van der Waals surface area contributed by atoms with Crippen LogP contribution in [-0.2, 0) is 19.4 Å². The molecular formula is C18H21N5OS. The van der Waals surface area contributed by atoms with Crippen LogP contribution < -0.4 is 5.32 Å². The van der Waals surface area contributed by atoms with Crippen LogP contribution in [0.15, 0.2) is 6.07 Å². The smallest absolute Gasteiger partial charge is 0.261 e. The Balaban J connectivity index is 1.48. The normalized spacial score (nSPS) is 13.4. The molecule has 0 radical (unpaired) electrons. The number of aromatic nitrogens is 4. The molecule has 1 N–H and O–H groups in total. The Morgan fingerprint density at radius 1 is 1.32 bits per heavy atom. The highest BCUT2D eigenvalue weighted by Gasteiger charge is 2.19. The highest BCUT2D eigenvalue weighted by atomic mass is 32.1. The Labute approximate surface area is 150 Å². The van der Waals surface area contributed by atoms with Crippen molar-refractivity contribution in [3.63, 3.8) is 0 Å². The molecule has 0 atom stereocenters. The van der Waals surface area contributed by atoms with Gasteiger partial charge in [0.25, 0.3) is 5.91 Å². The van der Waals surface area contributed by atoms with E-state index >= 15 is 0 Å². The quantitative estimate of drug-likeness (QED) is 0.781. The van der Waals surface area contributed by atoms with Gasteiger partial charge in [0.15, 0.2) is 0 Å². The summed E-state index contributed by atoms with van der Waals surface area (Å²) in [5.41, 5.74) is 3.18. The van der Waals surface area contributed by atoms with Crippen molar-refractivity contribution >= 4 is 27.5 Å². The minimum absolute atomic E-state index is 0.0290. The number of carbonyl (C=O) groups excluding carboxylic acids is 1. The second-order valence-electron chi connectivity index (χ2n) is 6.61. The third-order valence-electron chi connectivity index (χ3n) is 4.75. The van der Waals surface area contributed by atoms with Crippen molar-refractivity contribution in [3.05, 3.63) is 39.4 Å². The molecular weight excluding hydrogens is 334 g/mol. The number of nitrogens with one attached hydrogen (secondary N) is 1. The van der Waals surface area contributed by atoms with Crippen molar-refractivity contribution in [2.45, 2.75) is 46.6 Å². The van der Waals surface area contributed by atoms with Crippen LogP contribution in [0.25, 0.3) is 10.2 Å². The van der Waals surface area contributed by atoms with Gasteiger partial charge in [0, 0.05) is 37.0 Å². The molecule has 0 unspecified atom stereocenters. The zero-order valence-corrected chi connectivity index (χ0v) is 15.5. The molecule has 0 saturated carbocycles. The summed E-state index contributed by atoms with van der Waals surface area (Å²) in [4.78, 5) is 18.9. The number of carbonyl (C=O) groups is 1. The Hall–Kier alpha value is -2.28. The van der Waals surface area contributed by atoms with E-state index in [0.717, 1.165) is 57.4 Å². The summed E-state index contributed by atoms with van der Waals surface area (Å²) in [6.45, 7) is 7.62. The number of nitrogens with zero attached hydrogens (tertiary/aromatic N) is 4. The van der Waals surface area contributed by atoms with Gasteiger partial charge >= 0.3 is 0 Å².